The second-order valence-corrected chi connectivity index (χ2v) is 6.79. The van der Waals surface area contributed by atoms with E-state index in [1.165, 1.54) is 11.8 Å². The first-order valence-corrected chi connectivity index (χ1v) is 8.69. The van der Waals surface area contributed by atoms with Crippen LogP contribution in [0.5, 0.6) is 0 Å². The van der Waals surface area contributed by atoms with Crippen molar-refractivity contribution < 1.29 is 4.42 Å². The summed E-state index contributed by atoms with van der Waals surface area (Å²) in [4.78, 5) is 17.4. The molecule has 0 aliphatic rings. The van der Waals surface area contributed by atoms with Gasteiger partial charge in [-0.25, -0.2) is 4.98 Å². The standard InChI is InChI=1S/C17H14ClN3O2S/c1-11(8-19)10-24-17-20-15-7-12(18)4-5-14(15)16(22)21(17)9-13-3-2-6-23-13/h2-7,11H,9-10H2,1H3/t11-/m1/s1. The fraction of sp³-hybridized carbons (Fsp3) is 0.235. The molecule has 0 saturated carbocycles. The fourth-order valence-electron chi connectivity index (χ4n) is 2.22. The van der Waals surface area contributed by atoms with Gasteiger partial charge in [-0.2, -0.15) is 5.26 Å². The average molecular weight is 360 g/mol. The van der Waals surface area contributed by atoms with Gasteiger partial charge >= 0.3 is 0 Å². The van der Waals surface area contributed by atoms with Crippen LogP contribution in [0.3, 0.4) is 0 Å². The zero-order chi connectivity index (χ0) is 17.1. The first-order chi connectivity index (χ1) is 11.6. The van der Waals surface area contributed by atoms with Gasteiger partial charge in [0.05, 0.1) is 35.7 Å². The molecule has 3 aromatic rings. The van der Waals surface area contributed by atoms with Crippen LogP contribution < -0.4 is 5.56 Å². The maximum atomic E-state index is 12.9. The number of nitriles is 1. The first-order valence-electron chi connectivity index (χ1n) is 7.33. The van der Waals surface area contributed by atoms with Crippen molar-refractivity contribution in [2.24, 2.45) is 5.92 Å². The average Bonchev–Trinajstić information content (AvgIpc) is 3.08. The highest BCUT2D eigenvalue weighted by atomic mass is 35.5. The van der Waals surface area contributed by atoms with Crippen LogP contribution in [0.1, 0.15) is 12.7 Å². The van der Waals surface area contributed by atoms with Crippen LogP contribution in [0, 0.1) is 17.2 Å². The van der Waals surface area contributed by atoms with Crippen LogP contribution in [-0.4, -0.2) is 15.3 Å². The molecule has 0 saturated heterocycles. The minimum atomic E-state index is -0.153. The third kappa shape index (κ3) is 3.48. The summed E-state index contributed by atoms with van der Waals surface area (Å²) in [5, 5.41) is 10.5. The van der Waals surface area contributed by atoms with Gasteiger partial charge in [-0.3, -0.25) is 9.36 Å². The topological polar surface area (TPSA) is 71.8 Å². The van der Waals surface area contributed by atoms with E-state index in [0.717, 1.165) is 0 Å². The van der Waals surface area contributed by atoms with Crippen LogP contribution in [0.2, 0.25) is 5.02 Å². The number of hydrogen-bond acceptors (Lipinski definition) is 5. The van der Waals surface area contributed by atoms with Gasteiger partial charge in [-0.05, 0) is 37.3 Å². The van der Waals surface area contributed by atoms with Crippen molar-refractivity contribution in [2.75, 3.05) is 5.75 Å². The van der Waals surface area contributed by atoms with Crippen molar-refractivity contribution in [1.82, 2.24) is 9.55 Å². The van der Waals surface area contributed by atoms with Crippen LogP contribution in [0.25, 0.3) is 10.9 Å². The Hall–Kier alpha value is -2.23. The predicted octanol–water partition coefficient (Wildman–Crippen LogP) is 3.94. The summed E-state index contributed by atoms with van der Waals surface area (Å²) in [7, 11) is 0. The summed E-state index contributed by atoms with van der Waals surface area (Å²) in [5.74, 6) is 1.08. The molecular formula is C17H14ClN3O2S. The molecule has 2 heterocycles. The van der Waals surface area contributed by atoms with Crippen LogP contribution in [-0.2, 0) is 6.54 Å². The Kier molecular flexibility index (Phi) is 4.93. The van der Waals surface area contributed by atoms with Gasteiger partial charge in [-0.15, -0.1) is 0 Å². The van der Waals surface area contributed by atoms with E-state index >= 15 is 0 Å². The number of nitrogens with zero attached hydrogens (tertiary/aromatic N) is 3. The predicted molar refractivity (Wildman–Crippen MR) is 94.3 cm³/mol. The molecule has 2 aromatic heterocycles. The quantitative estimate of drug-likeness (QED) is 0.509. The van der Waals surface area contributed by atoms with E-state index < -0.39 is 0 Å². The van der Waals surface area contributed by atoms with E-state index in [1.807, 2.05) is 13.0 Å². The highest BCUT2D eigenvalue weighted by molar-refractivity contribution is 7.99. The number of rotatable bonds is 5. The summed E-state index contributed by atoms with van der Waals surface area (Å²) >= 11 is 7.40. The summed E-state index contributed by atoms with van der Waals surface area (Å²) < 4.78 is 6.93. The molecule has 1 aromatic carbocycles. The van der Waals surface area contributed by atoms with Gasteiger partial charge in [0.25, 0.3) is 5.56 Å². The second kappa shape index (κ2) is 7.12. The molecule has 122 valence electrons. The SMILES string of the molecule is C[C@H](C#N)CSc1nc2cc(Cl)ccc2c(=O)n1Cc1ccco1. The van der Waals surface area contributed by atoms with E-state index in [0.29, 0.717) is 39.1 Å². The van der Waals surface area contributed by atoms with Gasteiger partial charge in [0.1, 0.15) is 5.76 Å². The van der Waals surface area contributed by atoms with Gasteiger partial charge in [0.15, 0.2) is 5.16 Å². The van der Waals surface area contributed by atoms with Crippen molar-refractivity contribution in [2.45, 2.75) is 18.6 Å². The summed E-state index contributed by atoms with van der Waals surface area (Å²) in [6.45, 7) is 2.13. The monoisotopic (exact) mass is 359 g/mol. The molecule has 1 atom stereocenters. The van der Waals surface area contributed by atoms with Crippen LogP contribution >= 0.6 is 23.4 Å². The lowest BCUT2D eigenvalue weighted by molar-refractivity contribution is 0.476. The lowest BCUT2D eigenvalue weighted by Gasteiger charge is -2.12. The molecule has 0 bridgehead atoms. The molecule has 0 amide bonds. The van der Waals surface area contributed by atoms with E-state index in [-0.39, 0.29) is 11.5 Å². The van der Waals surface area contributed by atoms with Crippen LogP contribution in [0.4, 0.5) is 0 Å². The van der Waals surface area contributed by atoms with E-state index in [1.54, 1.807) is 35.1 Å². The molecule has 3 rings (SSSR count). The maximum Gasteiger partial charge on any atom is 0.262 e. The van der Waals surface area contributed by atoms with E-state index in [4.69, 9.17) is 21.3 Å². The zero-order valence-corrected chi connectivity index (χ0v) is 14.5. The number of furan rings is 1. The normalized spacial score (nSPS) is 12.2. The minimum absolute atomic E-state index is 0.140. The second-order valence-electron chi connectivity index (χ2n) is 5.37. The number of hydrogen-bond donors (Lipinski definition) is 0. The summed E-state index contributed by atoms with van der Waals surface area (Å²) in [5.41, 5.74) is 0.399. The fourth-order valence-corrected chi connectivity index (χ4v) is 3.32. The molecule has 0 N–H and O–H groups in total. The Balaban J connectivity index is 2.10. The molecule has 0 spiro atoms. The van der Waals surface area contributed by atoms with Crippen molar-refractivity contribution in [3.8, 4) is 6.07 Å². The Morgan fingerprint density at radius 3 is 3.00 bits per heavy atom. The third-order valence-corrected chi connectivity index (χ3v) is 4.93. The van der Waals surface area contributed by atoms with Crippen molar-refractivity contribution in [1.29, 1.82) is 5.26 Å². The first kappa shape index (κ1) is 16.6. The zero-order valence-electron chi connectivity index (χ0n) is 12.9. The number of aromatic nitrogens is 2. The Bertz CT molecular complexity index is 960. The van der Waals surface area contributed by atoms with Crippen molar-refractivity contribution in [3.63, 3.8) is 0 Å². The molecule has 5 nitrogen and oxygen atoms in total. The molecule has 24 heavy (non-hydrogen) atoms. The summed E-state index contributed by atoms with van der Waals surface area (Å²) in [6, 6.07) is 10.8. The maximum absolute atomic E-state index is 12.9. The molecule has 0 radical (unpaired) electrons. The molecular weight excluding hydrogens is 346 g/mol. The summed E-state index contributed by atoms with van der Waals surface area (Å²) in [6.07, 6.45) is 1.57. The number of fused-ring (bicyclic) bond motifs is 1. The van der Waals surface area contributed by atoms with Gasteiger partial charge in [0, 0.05) is 10.8 Å². The molecule has 0 fully saturated rings. The number of thioether (sulfide) groups is 1. The highest BCUT2D eigenvalue weighted by Crippen LogP contribution is 2.22. The van der Waals surface area contributed by atoms with Gasteiger partial charge in [-0.1, -0.05) is 23.4 Å². The van der Waals surface area contributed by atoms with Gasteiger partial charge < -0.3 is 4.42 Å². The Morgan fingerprint density at radius 2 is 2.29 bits per heavy atom. The molecule has 0 unspecified atom stereocenters. The highest BCUT2D eigenvalue weighted by Gasteiger charge is 2.14. The minimum Gasteiger partial charge on any atom is -0.467 e. The van der Waals surface area contributed by atoms with Crippen LogP contribution in [0.15, 0.2) is 51.0 Å². The van der Waals surface area contributed by atoms with E-state index in [9.17, 15) is 4.79 Å². The molecule has 0 aliphatic heterocycles. The lowest BCUT2D eigenvalue weighted by Crippen LogP contribution is -2.24. The lowest BCUT2D eigenvalue weighted by atomic mass is 10.2. The third-order valence-electron chi connectivity index (χ3n) is 3.46. The van der Waals surface area contributed by atoms with Gasteiger partial charge in [0.2, 0.25) is 0 Å². The largest absolute Gasteiger partial charge is 0.467 e. The Labute approximate surface area is 147 Å². The van der Waals surface area contributed by atoms with E-state index in [2.05, 4.69) is 11.1 Å². The number of benzene rings is 1. The number of halogens is 1. The smallest absolute Gasteiger partial charge is 0.262 e. The Morgan fingerprint density at radius 1 is 1.46 bits per heavy atom. The van der Waals surface area contributed by atoms with Crippen molar-refractivity contribution in [3.05, 3.63) is 57.7 Å². The molecule has 0 aliphatic carbocycles. The van der Waals surface area contributed by atoms with Crippen molar-refractivity contribution >= 4 is 34.3 Å². The molecule has 7 heteroatoms.